The van der Waals surface area contributed by atoms with Crippen molar-refractivity contribution in [2.24, 2.45) is 5.92 Å². The average molecular weight is 459 g/mol. The molecule has 4 nitrogen and oxygen atoms in total. The van der Waals surface area contributed by atoms with Crippen LogP contribution in [0.2, 0.25) is 0 Å². The van der Waals surface area contributed by atoms with Crippen LogP contribution in [-0.4, -0.2) is 47.8 Å². The summed E-state index contributed by atoms with van der Waals surface area (Å²) in [7, 11) is 1.92. The van der Waals surface area contributed by atoms with Gasteiger partial charge in [0.25, 0.3) is 5.91 Å². The van der Waals surface area contributed by atoms with Crippen molar-refractivity contribution >= 4 is 29.2 Å². The van der Waals surface area contributed by atoms with Gasteiger partial charge in [-0.05, 0) is 53.8 Å². The quantitative estimate of drug-likeness (QED) is 0.446. The van der Waals surface area contributed by atoms with Crippen molar-refractivity contribution in [1.82, 2.24) is 9.80 Å². The Morgan fingerprint density at radius 3 is 2.33 bits per heavy atom. The Labute approximate surface area is 200 Å². The first-order valence-electron chi connectivity index (χ1n) is 11.5. The van der Waals surface area contributed by atoms with Crippen LogP contribution in [0, 0.1) is 5.92 Å². The average Bonchev–Trinajstić information content (AvgIpc) is 3.41. The van der Waals surface area contributed by atoms with E-state index in [-0.39, 0.29) is 17.9 Å². The van der Waals surface area contributed by atoms with Crippen LogP contribution in [0.4, 0.5) is 0 Å². The molecule has 1 aliphatic heterocycles. The Balaban J connectivity index is 1.43. The van der Waals surface area contributed by atoms with Crippen LogP contribution in [-0.2, 0) is 11.2 Å². The largest absolute Gasteiger partial charge is 0.339 e. The topological polar surface area (TPSA) is 40.6 Å². The van der Waals surface area contributed by atoms with Crippen LogP contribution >= 0.6 is 11.3 Å². The summed E-state index contributed by atoms with van der Waals surface area (Å²) in [6, 6.07) is 22.2. The van der Waals surface area contributed by atoms with E-state index >= 15 is 0 Å². The van der Waals surface area contributed by atoms with E-state index in [9.17, 15) is 9.59 Å². The first kappa shape index (κ1) is 23.0. The number of benzene rings is 2. The summed E-state index contributed by atoms with van der Waals surface area (Å²) in [6.07, 6.45) is 6.15. The molecule has 5 heteroatoms. The van der Waals surface area contributed by atoms with Gasteiger partial charge in [0, 0.05) is 37.6 Å². The number of thiophene rings is 1. The monoisotopic (exact) mass is 458 g/mol. The second kappa shape index (κ2) is 11.1. The Kier molecular flexibility index (Phi) is 7.74. The lowest BCUT2D eigenvalue weighted by Crippen LogP contribution is -2.48. The van der Waals surface area contributed by atoms with E-state index in [1.165, 1.54) is 5.56 Å². The highest BCUT2D eigenvalue weighted by Gasteiger charge is 2.32. The normalized spacial score (nSPS) is 15.5. The zero-order valence-electron chi connectivity index (χ0n) is 19.0. The molecule has 2 heterocycles. The minimum atomic E-state index is 0.0552. The van der Waals surface area contributed by atoms with E-state index in [2.05, 4.69) is 12.1 Å². The molecule has 170 valence electrons. The first-order chi connectivity index (χ1) is 16.1. The fraction of sp³-hybridized carbons (Fsp3) is 0.286. The highest BCUT2D eigenvalue weighted by molar-refractivity contribution is 7.08. The van der Waals surface area contributed by atoms with Crippen molar-refractivity contribution in [2.75, 3.05) is 20.1 Å². The molecule has 0 aliphatic carbocycles. The molecule has 2 amide bonds. The summed E-state index contributed by atoms with van der Waals surface area (Å²) in [5.74, 6) is 0.473. The number of hydrogen-bond donors (Lipinski definition) is 0. The molecule has 1 atom stereocenters. The summed E-state index contributed by atoms with van der Waals surface area (Å²) in [5.41, 5.74) is 3.01. The van der Waals surface area contributed by atoms with Crippen LogP contribution < -0.4 is 0 Å². The third-order valence-electron chi connectivity index (χ3n) is 6.49. The van der Waals surface area contributed by atoms with Gasteiger partial charge in [0.05, 0.1) is 5.56 Å². The third kappa shape index (κ3) is 5.99. The molecule has 1 saturated heterocycles. The second-order valence-electron chi connectivity index (χ2n) is 8.59. The number of carbonyl (C=O) groups is 2. The summed E-state index contributed by atoms with van der Waals surface area (Å²) in [6.45, 7) is 1.43. The van der Waals surface area contributed by atoms with Crippen molar-refractivity contribution in [2.45, 2.75) is 25.3 Å². The smallest absolute Gasteiger partial charge is 0.254 e. The Bertz CT molecular complexity index is 1060. The number of nitrogens with zero attached hydrogens (tertiary/aromatic N) is 2. The number of rotatable bonds is 7. The predicted molar refractivity (Wildman–Crippen MR) is 135 cm³/mol. The van der Waals surface area contributed by atoms with E-state index in [0.29, 0.717) is 19.0 Å². The van der Waals surface area contributed by atoms with Gasteiger partial charge in [0.1, 0.15) is 0 Å². The number of piperidine rings is 1. The van der Waals surface area contributed by atoms with E-state index in [0.717, 1.165) is 30.4 Å². The first-order valence-corrected chi connectivity index (χ1v) is 12.4. The summed E-state index contributed by atoms with van der Waals surface area (Å²) in [4.78, 5) is 29.7. The van der Waals surface area contributed by atoms with Crippen LogP contribution in [0.1, 0.15) is 34.3 Å². The van der Waals surface area contributed by atoms with Gasteiger partial charge in [0.15, 0.2) is 0 Å². The maximum Gasteiger partial charge on any atom is 0.254 e. The van der Waals surface area contributed by atoms with Gasteiger partial charge in [-0.2, -0.15) is 11.3 Å². The minimum Gasteiger partial charge on any atom is -0.339 e. The molecule has 1 aliphatic rings. The van der Waals surface area contributed by atoms with E-state index in [1.807, 2.05) is 88.3 Å². The van der Waals surface area contributed by atoms with E-state index in [1.54, 1.807) is 17.4 Å². The molecule has 33 heavy (non-hydrogen) atoms. The van der Waals surface area contributed by atoms with Gasteiger partial charge in [0.2, 0.25) is 5.91 Å². The molecule has 3 aromatic rings. The van der Waals surface area contributed by atoms with Gasteiger partial charge in [-0.15, -0.1) is 0 Å². The van der Waals surface area contributed by atoms with Crippen molar-refractivity contribution in [3.05, 3.63) is 100 Å². The fourth-order valence-corrected chi connectivity index (χ4v) is 5.19. The van der Waals surface area contributed by atoms with Gasteiger partial charge in [-0.3, -0.25) is 9.59 Å². The molecule has 4 rings (SSSR count). The van der Waals surface area contributed by atoms with Crippen molar-refractivity contribution in [1.29, 1.82) is 0 Å². The number of likely N-dealkylation sites (tertiary alicyclic amines) is 1. The maximum absolute atomic E-state index is 13.1. The Morgan fingerprint density at radius 1 is 1.03 bits per heavy atom. The lowest BCUT2D eigenvalue weighted by molar-refractivity contribution is -0.127. The van der Waals surface area contributed by atoms with Crippen molar-refractivity contribution in [3.63, 3.8) is 0 Å². The van der Waals surface area contributed by atoms with Gasteiger partial charge < -0.3 is 9.80 Å². The second-order valence-corrected chi connectivity index (χ2v) is 9.37. The number of likely N-dealkylation sites (N-methyl/N-ethyl adjacent to an activating group) is 1. The van der Waals surface area contributed by atoms with Crippen LogP contribution in [0.5, 0.6) is 0 Å². The van der Waals surface area contributed by atoms with Crippen molar-refractivity contribution < 1.29 is 9.59 Å². The SMILES string of the molecule is CN(C(=O)c1ccsc1)[C@@H](Cc1ccccc1)C1CCN(C(=O)/C=C/c2ccccc2)CC1. The zero-order chi connectivity index (χ0) is 23.0. The molecule has 0 bridgehead atoms. The molecule has 0 saturated carbocycles. The summed E-state index contributed by atoms with van der Waals surface area (Å²) < 4.78 is 0. The van der Waals surface area contributed by atoms with Crippen LogP contribution in [0.25, 0.3) is 6.08 Å². The summed E-state index contributed by atoms with van der Waals surface area (Å²) >= 11 is 1.54. The van der Waals surface area contributed by atoms with Crippen LogP contribution in [0.15, 0.2) is 83.6 Å². The standard InChI is InChI=1S/C28H30N2O2S/c1-29(28(32)25-16-19-33-21-25)26(20-23-10-6-3-7-11-23)24-14-17-30(18-15-24)27(31)13-12-22-8-4-2-5-9-22/h2-13,16,19,21,24,26H,14-15,17-18,20H2,1H3/b13-12+/t26-/m0/s1. The van der Waals surface area contributed by atoms with E-state index in [4.69, 9.17) is 0 Å². The Morgan fingerprint density at radius 2 is 1.70 bits per heavy atom. The summed E-state index contributed by atoms with van der Waals surface area (Å²) in [5, 5.41) is 3.86. The van der Waals surface area contributed by atoms with Gasteiger partial charge in [-0.1, -0.05) is 60.7 Å². The molecule has 0 spiro atoms. The van der Waals surface area contributed by atoms with Crippen molar-refractivity contribution in [3.8, 4) is 0 Å². The molecule has 1 fully saturated rings. The minimum absolute atomic E-state index is 0.0552. The highest BCUT2D eigenvalue weighted by atomic mass is 32.1. The van der Waals surface area contributed by atoms with Gasteiger partial charge in [-0.25, -0.2) is 0 Å². The highest BCUT2D eigenvalue weighted by Crippen LogP contribution is 2.28. The molecule has 0 N–H and O–H groups in total. The van der Waals surface area contributed by atoms with Gasteiger partial charge >= 0.3 is 0 Å². The number of hydrogen-bond acceptors (Lipinski definition) is 3. The number of amides is 2. The lowest BCUT2D eigenvalue weighted by Gasteiger charge is -2.40. The number of carbonyl (C=O) groups excluding carboxylic acids is 2. The maximum atomic E-state index is 13.1. The molecule has 0 radical (unpaired) electrons. The Hall–Kier alpha value is -3.18. The molecule has 0 unspecified atom stereocenters. The third-order valence-corrected chi connectivity index (χ3v) is 7.17. The molecule has 1 aromatic heterocycles. The lowest BCUT2D eigenvalue weighted by atomic mass is 9.84. The molecular formula is C28H30N2O2S. The molecule has 2 aromatic carbocycles. The van der Waals surface area contributed by atoms with E-state index < -0.39 is 0 Å². The zero-order valence-corrected chi connectivity index (χ0v) is 19.8. The van der Waals surface area contributed by atoms with Crippen LogP contribution in [0.3, 0.4) is 0 Å². The fourth-order valence-electron chi connectivity index (χ4n) is 4.56. The molecular weight excluding hydrogens is 428 g/mol. The predicted octanol–water partition coefficient (Wildman–Crippen LogP) is 5.38.